The number of carbonyl (C=O) groups excluding carboxylic acids is 2. The summed E-state index contributed by atoms with van der Waals surface area (Å²) in [4.78, 5) is 26.1. The molecule has 1 atom stereocenters. The van der Waals surface area contributed by atoms with E-state index in [1.165, 1.54) is 0 Å². The van der Waals surface area contributed by atoms with Crippen molar-refractivity contribution in [3.05, 3.63) is 51.8 Å². The smallest absolute Gasteiger partial charge is 0.325 e. The van der Waals surface area contributed by atoms with Gasteiger partial charge < -0.3 is 9.84 Å². The third kappa shape index (κ3) is 2.41. The Morgan fingerprint density at radius 3 is 2.77 bits per heavy atom. The Kier molecular flexibility index (Phi) is 3.52. The summed E-state index contributed by atoms with van der Waals surface area (Å²) in [6.07, 6.45) is 0. The van der Waals surface area contributed by atoms with Crippen molar-refractivity contribution < 1.29 is 14.1 Å². The SMILES string of the molecule is Cc1cc(CN2C(=O)NC(C)(c3cccc(Br)c3)C2=O)no1. The van der Waals surface area contributed by atoms with Crippen LogP contribution >= 0.6 is 15.9 Å². The Labute approximate surface area is 135 Å². The number of imide groups is 1. The predicted molar refractivity (Wildman–Crippen MR) is 81.8 cm³/mol. The summed E-state index contributed by atoms with van der Waals surface area (Å²) in [5.41, 5.74) is 0.179. The molecule has 1 fully saturated rings. The van der Waals surface area contributed by atoms with E-state index in [9.17, 15) is 9.59 Å². The molecule has 114 valence electrons. The summed E-state index contributed by atoms with van der Waals surface area (Å²) in [5, 5.41) is 6.59. The van der Waals surface area contributed by atoms with Crippen LogP contribution in [-0.2, 0) is 16.9 Å². The molecule has 0 bridgehead atoms. The largest absolute Gasteiger partial charge is 0.361 e. The topological polar surface area (TPSA) is 75.4 Å². The normalized spacial score (nSPS) is 21.3. The molecule has 0 saturated carbocycles. The molecule has 0 aliphatic carbocycles. The van der Waals surface area contributed by atoms with Crippen LogP contribution in [0.25, 0.3) is 0 Å². The summed E-state index contributed by atoms with van der Waals surface area (Å²) in [6.45, 7) is 3.54. The Morgan fingerprint density at radius 1 is 1.36 bits per heavy atom. The van der Waals surface area contributed by atoms with Crippen LogP contribution in [-0.4, -0.2) is 22.0 Å². The average Bonchev–Trinajstić information content (AvgIpc) is 2.97. The number of nitrogens with one attached hydrogen (secondary N) is 1. The van der Waals surface area contributed by atoms with E-state index < -0.39 is 11.6 Å². The molecular weight excluding hydrogens is 350 g/mol. The second-order valence-corrected chi connectivity index (χ2v) is 6.30. The number of aryl methyl sites for hydroxylation is 1. The maximum absolute atomic E-state index is 12.7. The van der Waals surface area contributed by atoms with Crippen molar-refractivity contribution in [1.82, 2.24) is 15.4 Å². The lowest BCUT2D eigenvalue weighted by atomic mass is 9.92. The van der Waals surface area contributed by atoms with Gasteiger partial charge in [-0.25, -0.2) is 4.79 Å². The van der Waals surface area contributed by atoms with Crippen molar-refractivity contribution >= 4 is 27.9 Å². The third-order valence-electron chi connectivity index (χ3n) is 3.67. The molecule has 1 unspecified atom stereocenters. The van der Waals surface area contributed by atoms with Gasteiger partial charge in [-0.2, -0.15) is 0 Å². The zero-order chi connectivity index (χ0) is 15.9. The van der Waals surface area contributed by atoms with Gasteiger partial charge >= 0.3 is 6.03 Å². The highest BCUT2D eigenvalue weighted by molar-refractivity contribution is 9.10. The number of aromatic nitrogens is 1. The highest BCUT2D eigenvalue weighted by atomic mass is 79.9. The monoisotopic (exact) mass is 363 g/mol. The van der Waals surface area contributed by atoms with Gasteiger partial charge in [-0.3, -0.25) is 9.69 Å². The Hall–Kier alpha value is -2.15. The second-order valence-electron chi connectivity index (χ2n) is 5.39. The maximum Gasteiger partial charge on any atom is 0.325 e. The molecule has 1 aromatic heterocycles. The van der Waals surface area contributed by atoms with Gasteiger partial charge in [-0.15, -0.1) is 0 Å². The van der Waals surface area contributed by atoms with Gasteiger partial charge in [-0.05, 0) is 31.5 Å². The van der Waals surface area contributed by atoms with Gasteiger partial charge in [0.05, 0.1) is 6.54 Å². The number of hydrogen-bond donors (Lipinski definition) is 1. The van der Waals surface area contributed by atoms with Gasteiger partial charge in [0.1, 0.15) is 17.0 Å². The van der Waals surface area contributed by atoms with Crippen LogP contribution in [0.15, 0.2) is 39.3 Å². The van der Waals surface area contributed by atoms with E-state index in [-0.39, 0.29) is 12.5 Å². The summed E-state index contributed by atoms with van der Waals surface area (Å²) in [5.74, 6) is 0.327. The van der Waals surface area contributed by atoms with E-state index in [0.29, 0.717) is 11.5 Å². The zero-order valence-corrected chi connectivity index (χ0v) is 13.7. The molecule has 1 aliphatic rings. The molecular formula is C15H14BrN3O3. The molecule has 1 N–H and O–H groups in total. The first-order valence-corrected chi connectivity index (χ1v) is 7.52. The number of rotatable bonds is 3. The second kappa shape index (κ2) is 5.24. The molecule has 2 aromatic rings. The van der Waals surface area contributed by atoms with Crippen LogP contribution in [0.2, 0.25) is 0 Å². The van der Waals surface area contributed by atoms with E-state index in [4.69, 9.17) is 4.52 Å². The molecule has 1 aliphatic heterocycles. The highest BCUT2D eigenvalue weighted by Gasteiger charge is 2.49. The Balaban J connectivity index is 1.90. The molecule has 1 aromatic carbocycles. The van der Waals surface area contributed by atoms with E-state index in [0.717, 1.165) is 14.9 Å². The molecule has 6 nitrogen and oxygen atoms in total. The van der Waals surface area contributed by atoms with Crippen molar-refractivity contribution in [1.29, 1.82) is 0 Å². The number of hydrogen-bond acceptors (Lipinski definition) is 4. The lowest BCUT2D eigenvalue weighted by molar-refractivity contribution is -0.131. The van der Waals surface area contributed by atoms with Crippen molar-refractivity contribution in [2.24, 2.45) is 0 Å². The maximum atomic E-state index is 12.7. The Bertz CT molecular complexity index is 758. The molecule has 2 heterocycles. The van der Waals surface area contributed by atoms with Gasteiger partial charge in [0, 0.05) is 10.5 Å². The predicted octanol–water partition coefficient (Wildman–Crippen LogP) is 2.71. The van der Waals surface area contributed by atoms with Gasteiger partial charge in [-0.1, -0.05) is 33.2 Å². The molecule has 0 radical (unpaired) electrons. The number of amides is 3. The van der Waals surface area contributed by atoms with Crippen LogP contribution in [0.3, 0.4) is 0 Å². The fraction of sp³-hybridized carbons (Fsp3) is 0.267. The minimum absolute atomic E-state index is 0.0889. The molecule has 1 saturated heterocycles. The quantitative estimate of drug-likeness (QED) is 0.850. The summed E-state index contributed by atoms with van der Waals surface area (Å²) in [6, 6.07) is 8.59. The van der Waals surface area contributed by atoms with Crippen molar-refractivity contribution in [2.75, 3.05) is 0 Å². The highest BCUT2D eigenvalue weighted by Crippen LogP contribution is 2.31. The van der Waals surface area contributed by atoms with E-state index >= 15 is 0 Å². The standard InChI is InChI=1S/C15H14BrN3O3/c1-9-6-12(18-22-9)8-19-13(20)15(2,17-14(19)21)10-4-3-5-11(16)7-10/h3-7H,8H2,1-2H3,(H,17,21). The number of nitrogens with zero attached hydrogens (tertiary/aromatic N) is 2. The summed E-state index contributed by atoms with van der Waals surface area (Å²) < 4.78 is 5.82. The molecule has 3 rings (SSSR count). The first-order chi connectivity index (χ1) is 10.4. The number of urea groups is 1. The van der Waals surface area contributed by atoms with Crippen LogP contribution in [0.4, 0.5) is 4.79 Å². The number of halogens is 1. The number of carbonyl (C=O) groups is 2. The van der Waals surface area contributed by atoms with Crippen LogP contribution in [0.1, 0.15) is 23.9 Å². The minimum Gasteiger partial charge on any atom is -0.361 e. The average molecular weight is 364 g/mol. The van der Waals surface area contributed by atoms with Gasteiger partial charge in [0.15, 0.2) is 0 Å². The van der Waals surface area contributed by atoms with Crippen LogP contribution in [0, 0.1) is 6.92 Å². The zero-order valence-electron chi connectivity index (χ0n) is 12.1. The van der Waals surface area contributed by atoms with E-state index in [2.05, 4.69) is 26.4 Å². The van der Waals surface area contributed by atoms with Gasteiger partial charge in [0.2, 0.25) is 0 Å². The van der Waals surface area contributed by atoms with Crippen LogP contribution < -0.4 is 5.32 Å². The fourth-order valence-corrected chi connectivity index (χ4v) is 2.89. The lowest BCUT2D eigenvalue weighted by Crippen LogP contribution is -2.40. The first-order valence-electron chi connectivity index (χ1n) is 6.72. The van der Waals surface area contributed by atoms with E-state index in [1.54, 1.807) is 19.9 Å². The minimum atomic E-state index is -1.08. The van der Waals surface area contributed by atoms with E-state index in [1.807, 2.05) is 24.3 Å². The van der Waals surface area contributed by atoms with Crippen molar-refractivity contribution in [3.63, 3.8) is 0 Å². The molecule has 3 amide bonds. The first kappa shape index (κ1) is 14.8. The lowest BCUT2D eigenvalue weighted by Gasteiger charge is -2.22. The molecule has 22 heavy (non-hydrogen) atoms. The van der Waals surface area contributed by atoms with Crippen molar-refractivity contribution in [3.8, 4) is 0 Å². The van der Waals surface area contributed by atoms with Gasteiger partial charge in [0.25, 0.3) is 5.91 Å². The fourth-order valence-electron chi connectivity index (χ4n) is 2.49. The van der Waals surface area contributed by atoms with Crippen LogP contribution in [0.5, 0.6) is 0 Å². The Morgan fingerprint density at radius 2 is 2.14 bits per heavy atom. The van der Waals surface area contributed by atoms with Crippen molar-refractivity contribution in [2.45, 2.75) is 25.9 Å². The molecule has 0 spiro atoms. The summed E-state index contributed by atoms with van der Waals surface area (Å²) >= 11 is 3.38. The number of benzene rings is 1. The third-order valence-corrected chi connectivity index (χ3v) is 4.17. The molecule has 7 heteroatoms. The summed E-state index contributed by atoms with van der Waals surface area (Å²) in [7, 11) is 0.